The lowest BCUT2D eigenvalue weighted by atomic mass is 10.1. The van der Waals surface area contributed by atoms with Crippen LogP contribution in [0.2, 0.25) is 0 Å². The molecule has 0 aliphatic carbocycles. The summed E-state index contributed by atoms with van der Waals surface area (Å²) < 4.78 is 5.05. The van der Waals surface area contributed by atoms with Crippen molar-refractivity contribution in [1.29, 1.82) is 0 Å². The largest absolute Gasteiger partial charge is 0.450 e. The summed E-state index contributed by atoms with van der Waals surface area (Å²) >= 11 is 0. The van der Waals surface area contributed by atoms with Crippen molar-refractivity contribution in [2.45, 2.75) is 19.9 Å². The molecular formula is C13H17N3O2. The number of nitrogens with zero attached hydrogens (tertiary/aromatic N) is 2. The number of carbonyl (C=O) groups excluding carboxylic acids is 1. The fourth-order valence-corrected chi connectivity index (χ4v) is 2.04. The highest BCUT2D eigenvalue weighted by molar-refractivity contribution is 5.89. The van der Waals surface area contributed by atoms with Gasteiger partial charge in [-0.25, -0.2) is 9.79 Å². The fraction of sp³-hybridized carbons (Fsp3) is 0.385. The van der Waals surface area contributed by atoms with Crippen LogP contribution in [0.15, 0.2) is 29.3 Å². The number of carbonyl (C=O) groups is 1. The van der Waals surface area contributed by atoms with Gasteiger partial charge in [0.05, 0.1) is 24.9 Å². The monoisotopic (exact) mass is 247 g/mol. The standard InChI is InChI=1S/C13H17N3O2/c1-3-18-13(17)16-8-12(14)15-11-7-5-4-6-10(11)9(16)2/h4-7,9H,3,8H2,1-2H3,(H2,14,15). The summed E-state index contributed by atoms with van der Waals surface area (Å²) in [7, 11) is 0. The van der Waals surface area contributed by atoms with Crippen LogP contribution in [-0.4, -0.2) is 30.0 Å². The Hall–Kier alpha value is -2.04. The van der Waals surface area contributed by atoms with Gasteiger partial charge in [-0.1, -0.05) is 18.2 Å². The summed E-state index contributed by atoms with van der Waals surface area (Å²) in [5.41, 5.74) is 7.63. The van der Waals surface area contributed by atoms with E-state index in [-0.39, 0.29) is 18.7 Å². The van der Waals surface area contributed by atoms with E-state index in [9.17, 15) is 4.79 Å². The average molecular weight is 247 g/mol. The van der Waals surface area contributed by atoms with Gasteiger partial charge in [0.2, 0.25) is 0 Å². The minimum absolute atomic E-state index is 0.106. The molecule has 0 fully saturated rings. The summed E-state index contributed by atoms with van der Waals surface area (Å²) in [5.74, 6) is 0.417. The molecule has 0 aromatic heterocycles. The van der Waals surface area contributed by atoms with Crippen molar-refractivity contribution in [3.8, 4) is 0 Å². The molecule has 0 bridgehead atoms. The van der Waals surface area contributed by atoms with Gasteiger partial charge in [-0.2, -0.15) is 0 Å². The Labute approximate surface area is 106 Å². The second-order valence-electron chi connectivity index (χ2n) is 4.16. The molecule has 1 amide bonds. The number of nitrogens with two attached hydrogens (primary N) is 1. The minimum atomic E-state index is -0.361. The van der Waals surface area contributed by atoms with Crippen LogP contribution in [0.3, 0.4) is 0 Å². The quantitative estimate of drug-likeness (QED) is 0.827. The SMILES string of the molecule is CCOC(=O)N1CC(N)=Nc2ccccc2C1C. The zero-order chi connectivity index (χ0) is 13.1. The molecule has 1 heterocycles. The van der Waals surface area contributed by atoms with Gasteiger partial charge < -0.3 is 10.5 Å². The highest BCUT2D eigenvalue weighted by Crippen LogP contribution is 2.31. The first-order chi connectivity index (χ1) is 8.63. The second-order valence-corrected chi connectivity index (χ2v) is 4.16. The maximum Gasteiger partial charge on any atom is 0.410 e. The molecule has 0 saturated heterocycles. The van der Waals surface area contributed by atoms with Crippen LogP contribution in [0.1, 0.15) is 25.5 Å². The predicted octanol–water partition coefficient (Wildman–Crippen LogP) is 2.21. The van der Waals surface area contributed by atoms with E-state index < -0.39 is 0 Å². The third kappa shape index (κ3) is 2.30. The molecule has 2 N–H and O–H groups in total. The van der Waals surface area contributed by atoms with Crippen molar-refractivity contribution in [2.75, 3.05) is 13.2 Å². The number of fused-ring (bicyclic) bond motifs is 1. The van der Waals surface area contributed by atoms with Crippen molar-refractivity contribution in [3.05, 3.63) is 29.8 Å². The molecule has 1 aromatic rings. The maximum absolute atomic E-state index is 11.9. The van der Waals surface area contributed by atoms with E-state index >= 15 is 0 Å². The molecule has 5 heteroatoms. The van der Waals surface area contributed by atoms with Crippen molar-refractivity contribution in [2.24, 2.45) is 10.7 Å². The van der Waals surface area contributed by atoms with Crippen molar-refractivity contribution in [1.82, 2.24) is 4.90 Å². The van der Waals surface area contributed by atoms with Crippen LogP contribution in [0, 0.1) is 0 Å². The Kier molecular flexibility index (Phi) is 3.50. The van der Waals surface area contributed by atoms with E-state index in [1.807, 2.05) is 31.2 Å². The van der Waals surface area contributed by atoms with Crippen molar-refractivity contribution >= 4 is 17.6 Å². The van der Waals surface area contributed by atoms with Crippen molar-refractivity contribution < 1.29 is 9.53 Å². The van der Waals surface area contributed by atoms with E-state index in [1.54, 1.807) is 11.8 Å². The van der Waals surface area contributed by atoms with Crippen LogP contribution >= 0.6 is 0 Å². The lowest BCUT2D eigenvalue weighted by Crippen LogP contribution is -2.39. The number of aliphatic imine (C=N–C) groups is 1. The molecule has 0 radical (unpaired) electrons. The van der Waals surface area contributed by atoms with Crippen LogP contribution in [-0.2, 0) is 4.74 Å². The van der Waals surface area contributed by atoms with Crippen LogP contribution in [0.5, 0.6) is 0 Å². The van der Waals surface area contributed by atoms with Crippen LogP contribution < -0.4 is 5.73 Å². The average Bonchev–Trinajstić information content (AvgIpc) is 2.47. The molecule has 2 rings (SSSR count). The Bertz CT molecular complexity index is 485. The topological polar surface area (TPSA) is 67.9 Å². The van der Waals surface area contributed by atoms with Gasteiger partial charge >= 0.3 is 6.09 Å². The van der Waals surface area contributed by atoms with Gasteiger partial charge in [0, 0.05) is 5.56 Å². The van der Waals surface area contributed by atoms with Crippen LogP contribution in [0.25, 0.3) is 0 Å². The number of hydrogen-bond acceptors (Lipinski definition) is 4. The molecule has 18 heavy (non-hydrogen) atoms. The van der Waals surface area contributed by atoms with Gasteiger partial charge in [0.15, 0.2) is 0 Å². The number of amides is 1. The summed E-state index contributed by atoms with van der Waals surface area (Å²) in [5, 5.41) is 0. The Morgan fingerprint density at radius 1 is 1.56 bits per heavy atom. The molecule has 1 aliphatic heterocycles. The van der Waals surface area contributed by atoms with E-state index in [1.165, 1.54) is 0 Å². The second kappa shape index (κ2) is 5.08. The molecule has 1 unspecified atom stereocenters. The predicted molar refractivity (Wildman–Crippen MR) is 69.9 cm³/mol. The molecular weight excluding hydrogens is 230 g/mol. The molecule has 0 saturated carbocycles. The van der Waals surface area contributed by atoms with E-state index in [2.05, 4.69) is 4.99 Å². The first-order valence-corrected chi connectivity index (χ1v) is 5.98. The smallest absolute Gasteiger partial charge is 0.410 e. The summed E-state index contributed by atoms with van der Waals surface area (Å²) in [6.07, 6.45) is -0.361. The number of benzene rings is 1. The van der Waals surface area contributed by atoms with Gasteiger partial charge in [-0.05, 0) is 19.9 Å². The summed E-state index contributed by atoms with van der Waals surface area (Å²) in [4.78, 5) is 17.8. The first-order valence-electron chi connectivity index (χ1n) is 5.98. The fourth-order valence-electron chi connectivity index (χ4n) is 2.04. The van der Waals surface area contributed by atoms with Crippen LogP contribution in [0.4, 0.5) is 10.5 Å². The molecule has 5 nitrogen and oxygen atoms in total. The number of para-hydroxylation sites is 1. The number of amidine groups is 1. The maximum atomic E-state index is 11.9. The highest BCUT2D eigenvalue weighted by atomic mass is 16.6. The minimum Gasteiger partial charge on any atom is -0.450 e. The molecule has 1 atom stereocenters. The van der Waals surface area contributed by atoms with E-state index in [0.717, 1.165) is 11.3 Å². The van der Waals surface area contributed by atoms with Crippen molar-refractivity contribution in [3.63, 3.8) is 0 Å². The molecule has 1 aliphatic rings. The highest BCUT2D eigenvalue weighted by Gasteiger charge is 2.27. The van der Waals surface area contributed by atoms with Gasteiger partial charge in [0.1, 0.15) is 5.84 Å². The normalized spacial score (nSPS) is 18.7. The lowest BCUT2D eigenvalue weighted by Gasteiger charge is -2.26. The zero-order valence-electron chi connectivity index (χ0n) is 10.6. The molecule has 1 aromatic carbocycles. The Balaban J connectivity index is 2.38. The zero-order valence-corrected chi connectivity index (χ0v) is 10.6. The third-order valence-electron chi connectivity index (χ3n) is 2.95. The van der Waals surface area contributed by atoms with Gasteiger partial charge in [0.25, 0.3) is 0 Å². The Morgan fingerprint density at radius 3 is 3.00 bits per heavy atom. The third-order valence-corrected chi connectivity index (χ3v) is 2.95. The van der Waals surface area contributed by atoms with Gasteiger partial charge in [-0.15, -0.1) is 0 Å². The summed E-state index contributed by atoms with van der Waals surface area (Å²) in [6, 6.07) is 7.57. The number of hydrogen-bond donors (Lipinski definition) is 1. The lowest BCUT2D eigenvalue weighted by molar-refractivity contribution is 0.100. The Morgan fingerprint density at radius 2 is 2.28 bits per heavy atom. The van der Waals surface area contributed by atoms with E-state index in [0.29, 0.717) is 12.4 Å². The first kappa shape index (κ1) is 12.4. The molecule has 0 spiro atoms. The molecule has 96 valence electrons. The number of rotatable bonds is 1. The van der Waals surface area contributed by atoms with Gasteiger partial charge in [-0.3, -0.25) is 4.90 Å². The summed E-state index contributed by atoms with van der Waals surface area (Å²) in [6.45, 7) is 4.37. The van der Waals surface area contributed by atoms with E-state index in [4.69, 9.17) is 10.5 Å². The number of ether oxygens (including phenoxy) is 1.